The average molecular weight is 299 g/mol. The molecule has 22 heavy (non-hydrogen) atoms. The van der Waals surface area contributed by atoms with Gasteiger partial charge in [0.05, 0.1) is 25.5 Å². The van der Waals surface area contributed by atoms with E-state index in [0.29, 0.717) is 28.0 Å². The highest BCUT2D eigenvalue weighted by molar-refractivity contribution is 5.96. The number of furan rings is 1. The Labute approximate surface area is 126 Å². The molecule has 0 saturated heterocycles. The number of benzene rings is 2. The van der Waals surface area contributed by atoms with Gasteiger partial charge in [0, 0.05) is 10.9 Å². The van der Waals surface area contributed by atoms with Gasteiger partial charge in [0.25, 0.3) is 0 Å². The molecule has 0 aliphatic carbocycles. The molecule has 112 valence electrons. The lowest BCUT2D eigenvalue weighted by atomic mass is 10.1. The minimum absolute atomic E-state index is 0.0918. The standard InChI is InChI=1S/C17H14FNO3/c1-21-16-5-3-2-4-14(16)19-17(20)8-11-10-22-15-7-6-12(18)9-13(11)15/h2-7,9-10H,8H2,1H3,(H,19,20). The summed E-state index contributed by atoms with van der Waals surface area (Å²) in [7, 11) is 1.54. The zero-order chi connectivity index (χ0) is 15.5. The van der Waals surface area contributed by atoms with Crippen molar-refractivity contribution in [1.29, 1.82) is 0 Å². The number of anilines is 1. The first-order chi connectivity index (χ1) is 10.7. The summed E-state index contributed by atoms with van der Waals surface area (Å²) in [5, 5.41) is 3.39. The van der Waals surface area contributed by atoms with Crippen molar-refractivity contribution in [1.82, 2.24) is 0 Å². The molecule has 0 bridgehead atoms. The highest BCUT2D eigenvalue weighted by atomic mass is 19.1. The minimum Gasteiger partial charge on any atom is -0.495 e. The molecule has 0 spiro atoms. The molecule has 0 fully saturated rings. The van der Waals surface area contributed by atoms with Gasteiger partial charge >= 0.3 is 0 Å². The van der Waals surface area contributed by atoms with Crippen molar-refractivity contribution in [2.24, 2.45) is 0 Å². The SMILES string of the molecule is COc1ccccc1NC(=O)Cc1coc2ccc(F)cc12. The van der Waals surface area contributed by atoms with Crippen molar-refractivity contribution in [3.05, 3.63) is 60.1 Å². The van der Waals surface area contributed by atoms with E-state index in [0.717, 1.165) is 0 Å². The van der Waals surface area contributed by atoms with Gasteiger partial charge in [-0.25, -0.2) is 4.39 Å². The molecular weight excluding hydrogens is 285 g/mol. The molecule has 5 heteroatoms. The number of fused-ring (bicyclic) bond motifs is 1. The van der Waals surface area contributed by atoms with Crippen LogP contribution in [0.4, 0.5) is 10.1 Å². The van der Waals surface area contributed by atoms with Gasteiger partial charge < -0.3 is 14.5 Å². The third-order valence-electron chi connectivity index (χ3n) is 3.35. The lowest BCUT2D eigenvalue weighted by molar-refractivity contribution is -0.115. The van der Waals surface area contributed by atoms with Crippen LogP contribution in [0.3, 0.4) is 0 Å². The Balaban J connectivity index is 1.80. The molecule has 3 aromatic rings. The van der Waals surface area contributed by atoms with Crippen LogP contribution in [0.2, 0.25) is 0 Å². The summed E-state index contributed by atoms with van der Waals surface area (Å²) in [6, 6.07) is 11.4. The van der Waals surface area contributed by atoms with Gasteiger partial charge in [-0.1, -0.05) is 12.1 Å². The minimum atomic E-state index is -0.361. The van der Waals surface area contributed by atoms with E-state index in [1.165, 1.54) is 25.5 Å². The van der Waals surface area contributed by atoms with Gasteiger partial charge in [0.1, 0.15) is 17.1 Å². The average Bonchev–Trinajstić information content (AvgIpc) is 2.90. The van der Waals surface area contributed by atoms with Crippen LogP contribution < -0.4 is 10.1 Å². The molecule has 0 radical (unpaired) electrons. The van der Waals surface area contributed by atoms with Crippen LogP contribution in [0.5, 0.6) is 5.75 Å². The molecule has 0 aliphatic rings. The molecule has 1 amide bonds. The van der Waals surface area contributed by atoms with Crippen LogP contribution in [-0.2, 0) is 11.2 Å². The molecule has 0 saturated carbocycles. The molecule has 1 N–H and O–H groups in total. The topological polar surface area (TPSA) is 51.5 Å². The van der Waals surface area contributed by atoms with Gasteiger partial charge in [0.2, 0.25) is 5.91 Å². The summed E-state index contributed by atoms with van der Waals surface area (Å²) in [5.41, 5.74) is 1.79. The largest absolute Gasteiger partial charge is 0.495 e. The number of hydrogen-bond acceptors (Lipinski definition) is 3. The Hall–Kier alpha value is -2.82. The number of hydrogen-bond donors (Lipinski definition) is 1. The molecule has 1 heterocycles. The number of ether oxygens (including phenoxy) is 1. The Bertz CT molecular complexity index is 826. The van der Waals surface area contributed by atoms with Crippen LogP contribution in [0, 0.1) is 5.82 Å². The second kappa shape index (κ2) is 5.89. The quantitative estimate of drug-likeness (QED) is 0.798. The Morgan fingerprint density at radius 3 is 2.91 bits per heavy atom. The van der Waals surface area contributed by atoms with Crippen LogP contribution in [0.25, 0.3) is 11.0 Å². The maximum absolute atomic E-state index is 13.3. The predicted molar refractivity (Wildman–Crippen MR) is 81.5 cm³/mol. The number of carbonyl (C=O) groups is 1. The van der Waals surface area contributed by atoms with Gasteiger partial charge in [-0.3, -0.25) is 4.79 Å². The molecule has 0 atom stereocenters. The smallest absolute Gasteiger partial charge is 0.229 e. The fraction of sp³-hybridized carbons (Fsp3) is 0.118. The molecule has 0 aliphatic heterocycles. The summed E-state index contributed by atoms with van der Waals surface area (Å²) in [6.45, 7) is 0. The fourth-order valence-electron chi connectivity index (χ4n) is 2.31. The van der Waals surface area contributed by atoms with Crippen LogP contribution in [0.15, 0.2) is 53.1 Å². The first-order valence-electron chi connectivity index (χ1n) is 6.76. The van der Waals surface area contributed by atoms with E-state index in [9.17, 15) is 9.18 Å². The number of methoxy groups -OCH3 is 1. The summed E-state index contributed by atoms with van der Waals surface area (Å²) in [4.78, 5) is 12.2. The molecular formula is C17H14FNO3. The number of carbonyl (C=O) groups excluding carboxylic acids is 1. The first kappa shape index (κ1) is 14.1. The maximum Gasteiger partial charge on any atom is 0.229 e. The van der Waals surface area contributed by atoms with Gasteiger partial charge in [-0.05, 0) is 30.3 Å². The van der Waals surface area contributed by atoms with E-state index in [-0.39, 0.29) is 18.1 Å². The van der Waals surface area contributed by atoms with Crippen LogP contribution in [-0.4, -0.2) is 13.0 Å². The van der Waals surface area contributed by atoms with Crippen molar-refractivity contribution in [2.75, 3.05) is 12.4 Å². The summed E-state index contributed by atoms with van der Waals surface area (Å²) >= 11 is 0. The Morgan fingerprint density at radius 1 is 1.27 bits per heavy atom. The van der Waals surface area contributed by atoms with Crippen molar-refractivity contribution in [3.8, 4) is 5.75 Å². The van der Waals surface area contributed by atoms with Crippen LogP contribution >= 0.6 is 0 Å². The van der Waals surface area contributed by atoms with Gasteiger partial charge in [-0.15, -0.1) is 0 Å². The van der Waals surface area contributed by atoms with E-state index in [2.05, 4.69) is 5.32 Å². The fourth-order valence-corrected chi connectivity index (χ4v) is 2.31. The number of rotatable bonds is 4. The zero-order valence-corrected chi connectivity index (χ0v) is 11.9. The van der Waals surface area contributed by atoms with Crippen molar-refractivity contribution < 1.29 is 18.3 Å². The molecule has 0 unspecified atom stereocenters. The third-order valence-corrected chi connectivity index (χ3v) is 3.35. The predicted octanol–water partition coefficient (Wildman–Crippen LogP) is 3.76. The van der Waals surface area contributed by atoms with Crippen molar-refractivity contribution in [3.63, 3.8) is 0 Å². The van der Waals surface area contributed by atoms with Gasteiger partial charge in [-0.2, -0.15) is 0 Å². The molecule has 2 aromatic carbocycles. The number of amides is 1. The normalized spacial score (nSPS) is 10.6. The maximum atomic E-state index is 13.3. The van der Waals surface area contributed by atoms with Crippen molar-refractivity contribution in [2.45, 2.75) is 6.42 Å². The summed E-state index contributed by atoms with van der Waals surface area (Å²) < 4.78 is 23.8. The van der Waals surface area contributed by atoms with E-state index >= 15 is 0 Å². The first-order valence-corrected chi connectivity index (χ1v) is 6.76. The number of para-hydroxylation sites is 2. The second-order valence-corrected chi connectivity index (χ2v) is 4.83. The van der Waals surface area contributed by atoms with E-state index < -0.39 is 0 Å². The van der Waals surface area contributed by atoms with E-state index in [1.54, 1.807) is 24.3 Å². The monoisotopic (exact) mass is 299 g/mol. The molecule has 1 aromatic heterocycles. The van der Waals surface area contributed by atoms with Gasteiger partial charge in [0.15, 0.2) is 0 Å². The summed E-state index contributed by atoms with van der Waals surface area (Å²) in [5.74, 6) is -0.00399. The second-order valence-electron chi connectivity index (χ2n) is 4.83. The zero-order valence-electron chi connectivity index (χ0n) is 11.9. The molecule has 3 rings (SSSR count). The lowest BCUT2D eigenvalue weighted by Crippen LogP contribution is -2.14. The van der Waals surface area contributed by atoms with E-state index in [1.807, 2.05) is 6.07 Å². The number of nitrogens with one attached hydrogen (secondary N) is 1. The van der Waals surface area contributed by atoms with Crippen LogP contribution in [0.1, 0.15) is 5.56 Å². The summed E-state index contributed by atoms with van der Waals surface area (Å²) in [6.07, 6.45) is 1.57. The van der Waals surface area contributed by atoms with Crippen molar-refractivity contribution >= 4 is 22.6 Å². The number of halogens is 1. The van der Waals surface area contributed by atoms with E-state index in [4.69, 9.17) is 9.15 Å². The molecule has 4 nitrogen and oxygen atoms in total. The highest BCUT2D eigenvalue weighted by Gasteiger charge is 2.12. The third kappa shape index (κ3) is 2.79. The Morgan fingerprint density at radius 2 is 2.09 bits per heavy atom. The lowest BCUT2D eigenvalue weighted by Gasteiger charge is -2.09. The highest BCUT2D eigenvalue weighted by Crippen LogP contribution is 2.25. The Kier molecular flexibility index (Phi) is 3.78.